The maximum atomic E-state index is 11.5. The van der Waals surface area contributed by atoms with Gasteiger partial charge >= 0.3 is 5.97 Å². The van der Waals surface area contributed by atoms with Gasteiger partial charge in [0, 0.05) is 32.2 Å². The smallest absolute Gasteiger partial charge is 0.320 e. The Kier molecular flexibility index (Phi) is 5.41. The summed E-state index contributed by atoms with van der Waals surface area (Å²) >= 11 is 0. The molecule has 0 unspecified atom stereocenters. The van der Waals surface area contributed by atoms with Gasteiger partial charge in [0.05, 0.1) is 26.4 Å². The van der Waals surface area contributed by atoms with Crippen LogP contribution in [0.25, 0.3) is 0 Å². The average molecular weight is 256 g/mol. The van der Waals surface area contributed by atoms with Crippen molar-refractivity contribution >= 4 is 5.97 Å². The molecule has 1 heterocycles. The fourth-order valence-corrected chi connectivity index (χ4v) is 2.30. The molecule has 0 amide bonds. The van der Waals surface area contributed by atoms with Crippen LogP contribution in [0.15, 0.2) is 0 Å². The van der Waals surface area contributed by atoms with E-state index < -0.39 is 0 Å². The number of ether oxygens (including phenoxy) is 2. The molecule has 0 radical (unpaired) electrons. The number of esters is 1. The van der Waals surface area contributed by atoms with Crippen molar-refractivity contribution in [3.8, 4) is 0 Å². The predicted octanol–water partition coefficient (Wildman–Crippen LogP) is 0.346. The number of hydrogen-bond acceptors (Lipinski definition) is 5. The molecule has 2 aliphatic rings. The maximum Gasteiger partial charge on any atom is 0.320 e. The van der Waals surface area contributed by atoms with Gasteiger partial charge in [0.15, 0.2) is 0 Å². The molecule has 0 aromatic carbocycles. The van der Waals surface area contributed by atoms with E-state index in [2.05, 4.69) is 9.80 Å². The zero-order valence-corrected chi connectivity index (χ0v) is 11.3. The van der Waals surface area contributed by atoms with Gasteiger partial charge in [0.25, 0.3) is 0 Å². The Bertz CT molecular complexity index is 263. The second-order valence-electron chi connectivity index (χ2n) is 4.96. The lowest BCUT2D eigenvalue weighted by atomic mass is 10.3. The molecular formula is C13H24N2O3. The molecule has 1 saturated heterocycles. The zero-order valence-electron chi connectivity index (χ0n) is 11.3. The van der Waals surface area contributed by atoms with Crippen molar-refractivity contribution < 1.29 is 14.3 Å². The largest absolute Gasteiger partial charge is 0.465 e. The topological polar surface area (TPSA) is 42.0 Å². The number of nitrogens with zero attached hydrogens (tertiary/aromatic N) is 2. The van der Waals surface area contributed by atoms with Gasteiger partial charge in [-0.15, -0.1) is 0 Å². The van der Waals surface area contributed by atoms with Gasteiger partial charge in [-0.05, 0) is 19.8 Å². The summed E-state index contributed by atoms with van der Waals surface area (Å²) in [5, 5.41) is 0. The first-order valence-electron chi connectivity index (χ1n) is 6.99. The molecule has 0 aromatic heterocycles. The van der Waals surface area contributed by atoms with Gasteiger partial charge in [-0.1, -0.05) is 0 Å². The van der Waals surface area contributed by atoms with E-state index in [1.54, 1.807) is 0 Å². The summed E-state index contributed by atoms with van der Waals surface area (Å²) < 4.78 is 10.4. The monoisotopic (exact) mass is 256 g/mol. The van der Waals surface area contributed by atoms with Gasteiger partial charge < -0.3 is 9.47 Å². The fraction of sp³-hybridized carbons (Fsp3) is 0.923. The molecular weight excluding hydrogens is 232 g/mol. The third-order valence-electron chi connectivity index (χ3n) is 3.51. The van der Waals surface area contributed by atoms with Crippen LogP contribution in [-0.4, -0.2) is 74.4 Å². The average Bonchev–Trinajstić information content (AvgIpc) is 3.20. The predicted molar refractivity (Wildman–Crippen MR) is 68.5 cm³/mol. The van der Waals surface area contributed by atoms with Crippen molar-refractivity contribution in [1.82, 2.24) is 9.80 Å². The van der Waals surface area contributed by atoms with Gasteiger partial charge in [0.2, 0.25) is 0 Å². The highest BCUT2D eigenvalue weighted by molar-refractivity contribution is 5.71. The van der Waals surface area contributed by atoms with Crippen molar-refractivity contribution in [3.63, 3.8) is 0 Å². The molecule has 1 saturated carbocycles. The molecule has 1 aliphatic carbocycles. The van der Waals surface area contributed by atoms with Crippen LogP contribution in [0.3, 0.4) is 0 Å². The third-order valence-corrected chi connectivity index (χ3v) is 3.51. The van der Waals surface area contributed by atoms with Gasteiger partial charge in [0.1, 0.15) is 0 Å². The molecule has 2 fully saturated rings. The first-order chi connectivity index (χ1) is 8.79. The Hall–Kier alpha value is -0.650. The highest BCUT2D eigenvalue weighted by Crippen LogP contribution is 2.26. The van der Waals surface area contributed by atoms with Gasteiger partial charge in [-0.25, -0.2) is 0 Å². The quantitative estimate of drug-likeness (QED) is 0.615. The van der Waals surface area contributed by atoms with Crippen LogP contribution in [0.1, 0.15) is 19.8 Å². The molecule has 0 bridgehead atoms. The van der Waals surface area contributed by atoms with E-state index in [0.717, 1.165) is 39.4 Å². The Morgan fingerprint density at radius 2 is 2.11 bits per heavy atom. The van der Waals surface area contributed by atoms with Crippen LogP contribution >= 0.6 is 0 Å². The van der Waals surface area contributed by atoms with Crippen LogP contribution in [0.2, 0.25) is 0 Å². The second-order valence-corrected chi connectivity index (χ2v) is 4.96. The lowest BCUT2D eigenvalue weighted by Crippen LogP contribution is -2.43. The Morgan fingerprint density at radius 1 is 1.39 bits per heavy atom. The van der Waals surface area contributed by atoms with E-state index in [4.69, 9.17) is 9.47 Å². The summed E-state index contributed by atoms with van der Waals surface area (Å²) in [5.74, 6) is -0.0913. The van der Waals surface area contributed by atoms with E-state index in [9.17, 15) is 4.79 Å². The second kappa shape index (κ2) is 7.07. The van der Waals surface area contributed by atoms with Crippen LogP contribution in [0.5, 0.6) is 0 Å². The minimum atomic E-state index is -0.0913. The van der Waals surface area contributed by atoms with E-state index in [1.807, 2.05) is 6.92 Å². The summed E-state index contributed by atoms with van der Waals surface area (Å²) in [7, 11) is 0. The Morgan fingerprint density at radius 3 is 2.72 bits per heavy atom. The van der Waals surface area contributed by atoms with Crippen molar-refractivity contribution in [1.29, 1.82) is 0 Å². The van der Waals surface area contributed by atoms with Crippen molar-refractivity contribution in [2.45, 2.75) is 25.8 Å². The first kappa shape index (κ1) is 13.8. The van der Waals surface area contributed by atoms with E-state index >= 15 is 0 Å². The molecule has 5 heteroatoms. The molecule has 0 N–H and O–H groups in total. The minimum Gasteiger partial charge on any atom is -0.465 e. The minimum absolute atomic E-state index is 0.0913. The zero-order chi connectivity index (χ0) is 12.8. The molecule has 5 nitrogen and oxygen atoms in total. The standard InChI is InChI=1S/C13H24N2O3/c1-2-18-13(16)11-15(12-3-4-12)6-5-14-7-9-17-10-8-14/h12H,2-11H2,1H3. The lowest BCUT2D eigenvalue weighted by Gasteiger charge is -2.29. The van der Waals surface area contributed by atoms with Crippen molar-refractivity contribution in [2.75, 3.05) is 52.5 Å². The van der Waals surface area contributed by atoms with Crippen molar-refractivity contribution in [2.24, 2.45) is 0 Å². The maximum absolute atomic E-state index is 11.5. The first-order valence-corrected chi connectivity index (χ1v) is 6.99. The number of hydrogen-bond donors (Lipinski definition) is 0. The molecule has 2 rings (SSSR count). The summed E-state index contributed by atoms with van der Waals surface area (Å²) in [4.78, 5) is 16.2. The Labute approximate surface area is 109 Å². The van der Waals surface area contributed by atoms with E-state index in [-0.39, 0.29) is 5.97 Å². The van der Waals surface area contributed by atoms with Crippen molar-refractivity contribution in [3.05, 3.63) is 0 Å². The summed E-state index contributed by atoms with van der Waals surface area (Å²) in [6.45, 7) is 8.46. The Balaban J connectivity index is 1.70. The fourth-order valence-electron chi connectivity index (χ4n) is 2.30. The molecule has 0 atom stereocenters. The molecule has 18 heavy (non-hydrogen) atoms. The normalized spacial score (nSPS) is 21.2. The number of morpholine rings is 1. The van der Waals surface area contributed by atoms with Gasteiger partial charge in [-0.2, -0.15) is 0 Å². The highest BCUT2D eigenvalue weighted by atomic mass is 16.5. The van der Waals surface area contributed by atoms with Gasteiger partial charge in [-0.3, -0.25) is 14.6 Å². The van der Waals surface area contributed by atoms with Crippen LogP contribution in [0.4, 0.5) is 0 Å². The van der Waals surface area contributed by atoms with Crippen LogP contribution < -0.4 is 0 Å². The van der Waals surface area contributed by atoms with Crippen LogP contribution in [-0.2, 0) is 14.3 Å². The number of carbonyl (C=O) groups excluding carboxylic acids is 1. The summed E-state index contributed by atoms with van der Waals surface area (Å²) in [6.07, 6.45) is 2.45. The van der Waals surface area contributed by atoms with Crippen LogP contribution in [0, 0.1) is 0 Å². The highest BCUT2D eigenvalue weighted by Gasteiger charge is 2.30. The third kappa shape index (κ3) is 4.55. The van der Waals surface area contributed by atoms with E-state index in [1.165, 1.54) is 12.8 Å². The molecule has 104 valence electrons. The van der Waals surface area contributed by atoms with E-state index in [0.29, 0.717) is 19.2 Å². The number of rotatable bonds is 7. The molecule has 0 aromatic rings. The summed E-state index contributed by atoms with van der Waals surface area (Å²) in [5.41, 5.74) is 0. The SMILES string of the molecule is CCOC(=O)CN(CCN1CCOCC1)C1CC1. The molecule has 1 aliphatic heterocycles. The summed E-state index contributed by atoms with van der Waals surface area (Å²) in [6, 6.07) is 0.607. The number of carbonyl (C=O) groups is 1. The molecule has 0 spiro atoms. The lowest BCUT2D eigenvalue weighted by molar-refractivity contribution is -0.144.